The Bertz CT molecular complexity index is 1320. The molecular weight excluding hydrogens is 430 g/mol. The van der Waals surface area contributed by atoms with Crippen molar-refractivity contribution in [3.8, 4) is 34.5 Å². The summed E-state index contributed by atoms with van der Waals surface area (Å²) in [6.45, 7) is 2.59. The van der Waals surface area contributed by atoms with E-state index in [1.807, 2.05) is 72.8 Å². The van der Waals surface area contributed by atoms with Crippen molar-refractivity contribution >= 4 is 5.91 Å². The van der Waals surface area contributed by atoms with Crippen LogP contribution in [0, 0.1) is 0 Å². The number of aromatic nitrogens is 2. The minimum atomic E-state index is -0.334. The van der Waals surface area contributed by atoms with Gasteiger partial charge >= 0.3 is 0 Å². The largest absolute Gasteiger partial charge is 0.454 e. The van der Waals surface area contributed by atoms with E-state index in [2.05, 4.69) is 22.2 Å². The number of hydrogen-bond acceptors (Lipinski definition) is 6. The first-order chi connectivity index (χ1) is 16.7. The molecule has 1 N–H and O–H groups in total. The van der Waals surface area contributed by atoms with Crippen molar-refractivity contribution in [3.63, 3.8) is 0 Å². The predicted molar refractivity (Wildman–Crippen MR) is 127 cm³/mol. The van der Waals surface area contributed by atoms with Crippen molar-refractivity contribution in [1.29, 1.82) is 0 Å². The van der Waals surface area contributed by atoms with Gasteiger partial charge in [0.15, 0.2) is 17.3 Å². The van der Waals surface area contributed by atoms with Crippen molar-refractivity contribution < 1.29 is 19.0 Å². The van der Waals surface area contributed by atoms with Crippen LogP contribution in [-0.2, 0) is 13.0 Å². The van der Waals surface area contributed by atoms with Crippen LogP contribution in [0.1, 0.15) is 28.4 Å². The Hall–Kier alpha value is -4.39. The molecule has 7 heteroatoms. The van der Waals surface area contributed by atoms with Gasteiger partial charge in [-0.3, -0.25) is 4.79 Å². The summed E-state index contributed by atoms with van der Waals surface area (Å²) in [7, 11) is 0. The molecule has 3 aromatic carbocycles. The highest BCUT2D eigenvalue weighted by molar-refractivity contribution is 5.96. The highest BCUT2D eigenvalue weighted by atomic mass is 16.7. The predicted octanol–water partition coefficient (Wildman–Crippen LogP) is 5.16. The zero-order valence-corrected chi connectivity index (χ0v) is 18.7. The monoisotopic (exact) mass is 453 g/mol. The van der Waals surface area contributed by atoms with Crippen LogP contribution >= 0.6 is 0 Å². The van der Waals surface area contributed by atoms with E-state index in [0.717, 1.165) is 23.1 Å². The minimum Gasteiger partial charge on any atom is -0.454 e. The van der Waals surface area contributed by atoms with E-state index in [0.29, 0.717) is 29.6 Å². The number of ether oxygens (including phenoxy) is 3. The Balaban J connectivity index is 1.41. The van der Waals surface area contributed by atoms with Crippen LogP contribution in [0.25, 0.3) is 11.4 Å². The first-order valence-electron chi connectivity index (χ1n) is 11.1. The summed E-state index contributed by atoms with van der Waals surface area (Å²) in [6, 6.07) is 22.9. The molecule has 0 unspecified atom stereocenters. The Labute approximate surface area is 197 Å². The van der Waals surface area contributed by atoms with Crippen molar-refractivity contribution in [3.05, 3.63) is 95.7 Å². The summed E-state index contributed by atoms with van der Waals surface area (Å²) in [5, 5.41) is 2.92. The van der Waals surface area contributed by atoms with E-state index in [4.69, 9.17) is 14.2 Å². The molecule has 0 saturated heterocycles. The number of benzene rings is 3. The number of carbonyl (C=O) groups is 1. The van der Waals surface area contributed by atoms with Crippen LogP contribution in [0.15, 0.2) is 79.0 Å². The van der Waals surface area contributed by atoms with Gasteiger partial charge in [-0.25, -0.2) is 4.98 Å². The molecule has 0 saturated carbocycles. The third kappa shape index (κ3) is 4.68. The van der Waals surface area contributed by atoms with Gasteiger partial charge in [0.2, 0.25) is 12.7 Å². The number of fused-ring (bicyclic) bond motifs is 1. The Morgan fingerprint density at radius 3 is 2.68 bits per heavy atom. The van der Waals surface area contributed by atoms with Crippen molar-refractivity contribution in [1.82, 2.24) is 15.3 Å². The van der Waals surface area contributed by atoms with Gasteiger partial charge in [0, 0.05) is 18.3 Å². The van der Waals surface area contributed by atoms with Gasteiger partial charge in [0.25, 0.3) is 5.91 Å². The highest BCUT2D eigenvalue weighted by Crippen LogP contribution is 2.32. The molecule has 1 amide bonds. The standard InChI is InChI=1S/C27H23N3O4/c1-2-18-7-6-10-21(13-18)34-27-22(16-28-25(30-27)20-8-4-3-5-9-20)26(31)29-15-19-11-12-23-24(14-19)33-17-32-23/h3-14,16H,2,15,17H2,1H3,(H,29,31). The number of amides is 1. The Morgan fingerprint density at radius 2 is 1.82 bits per heavy atom. The second kappa shape index (κ2) is 9.62. The maximum atomic E-state index is 13.1. The normalized spacial score (nSPS) is 11.8. The molecule has 7 nitrogen and oxygen atoms in total. The zero-order valence-electron chi connectivity index (χ0n) is 18.7. The summed E-state index contributed by atoms with van der Waals surface area (Å²) in [5.41, 5.74) is 3.10. The lowest BCUT2D eigenvalue weighted by Gasteiger charge is -2.13. The third-order valence-electron chi connectivity index (χ3n) is 5.44. The molecule has 0 atom stereocenters. The van der Waals surface area contributed by atoms with E-state index in [9.17, 15) is 4.79 Å². The van der Waals surface area contributed by atoms with E-state index in [1.54, 1.807) is 0 Å². The fourth-order valence-corrected chi connectivity index (χ4v) is 3.60. The second-order valence-electron chi connectivity index (χ2n) is 7.75. The summed E-state index contributed by atoms with van der Waals surface area (Å²) >= 11 is 0. The average molecular weight is 453 g/mol. The lowest BCUT2D eigenvalue weighted by atomic mass is 10.1. The van der Waals surface area contributed by atoms with Crippen LogP contribution in [0.5, 0.6) is 23.1 Å². The molecule has 4 aromatic rings. The quantitative estimate of drug-likeness (QED) is 0.416. The molecule has 0 bridgehead atoms. The number of rotatable bonds is 7. The van der Waals surface area contributed by atoms with Crippen LogP contribution in [0.2, 0.25) is 0 Å². The summed E-state index contributed by atoms with van der Waals surface area (Å²) in [6.07, 6.45) is 2.38. The lowest BCUT2D eigenvalue weighted by Crippen LogP contribution is -2.24. The molecule has 1 aliphatic heterocycles. The molecule has 34 heavy (non-hydrogen) atoms. The summed E-state index contributed by atoms with van der Waals surface area (Å²) in [4.78, 5) is 22.1. The number of carbonyl (C=O) groups excluding carboxylic acids is 1. The molecule has 1 aliphatic rings. The fraction of sp³-hybridized carbons (Fsp3) is 0.148. The minimum absolute atomic E-state index is 0.199. The summed E-state index contributed by atoms with van der Waals surface area (Å²) < 4.78 is 16.9. The van der Waals surface area contributed by atoms with Gasteiger partial charge < -0.3 is 19.5 Å². The Morgan fingerprint density at radius 1 is 0.971 bits per heavy atom. The molecule has 170 valence electrons. The lowest BCUT2D eigenvalue weighted by molar-refractivity contribution is 0.0947. The summed E-state index contributed by atoms with van der Waals surface area (Å²) in [5.74, 6) is 2.33. The maximum absolute atomic E-state index is 13.1. The molecule has 5 rings (SSSR count). The molecule has 2 heterocycles. The van der Waals surface area contributed by atoms with Crippen molar-refractivity contribution in [2.45, 2.75) is 19.9 Å². The van der Waals surface area contributed by atoms with Crippen LogP contribution in [0.4, 0.5) is 0 Å². The smallest absolute Gasteiger partial charge is 0.258 e. The van der Waals surface area contributed by atoms with E-state index < -0.39 is 0 Å². The fourth-order valence-electron chi connectivity index (χ4n) is 3.60. The van der Waals surface area contributed by atoms with E-state index >= 15 is 0 Å². The van der Waals surface area contributed by atoms with Crippen LogP contribution < -0.4 is 19.5 Å². The zero-order chi connectivity index (χ0) is 23.3. The number of nitrogens with zero attached hydrogens (tertiary/aromatic N) is 2. The van der Waals surface area contributed by atoms with Gasteiger partial charge in [-0.1, -0.05) is 55.5 Å². The Kier molecular flexibility index (Phi) is 6.07. The first kappa shape index (κ1) is 21.5. The number of hydrogen-bond donors (Lipinski definition) is 1. The number of nitrogens with one attached hydrogen (secondary N) is 1. The SMILES string of the molecule is CCc1cccc(Oc2nc(-c3ccccc3)ncc2C(=O)NCc2ccc3c(c2)OCO3)c1. The van der Waals surface area contributed by atoms with Gasteiger partial charge in [-0.2, -0.15) is 4.98 Å². The molecule has 0 spiro atoms. The topological polar surface area (TPSA) is 82.6 Å². The van der Waals surface area contributed by atoms with Gasteiger partial charge in [0.05, 0.1) is 0 Å². The molecular formula is C27H23N3O4. The van der Waals surface area contributed by atoms with Crippen molar-refractivity contribution in [2.24, 2.45) is 0 Å². The average Bonchev–Trinajstić information content (AvgIpc) is 3.36. The second-order valence-corrected chi connectivity index (χ2v) is 7.75. The van der Waals surface area contributed by atoms with Gasteiger partial charge in [-0.15, -0.1) is 0 Å². The van der Waals surface area contributed by atoms with Crippen LogP contribution in [-0.4, -0.2) is 22.7 Å². The first-order valence-corrected chi connectivity index (χ1v) is 11.1. The molecule has 1 aromatic heterocycles. The highest BCUT2D eigenvalue weighted by Gasteiger charge is 2.19. The molecule has 0 fully saturated rings. The number of aryl methyl sites for hydroxylation is 1. The van der Waals surface area contributed by atoms with Gasteiger partial charge in [0.1, 0.15) is 11.3 Å². The van der Waals surface area contributed by atoms with Crippen molar-refractivity contribution in [2.75, 3.05) is 6.79 Å². The molecule has 0 radical (unpaired) electrons. The van der Waals surface area contributed by atoms with E-state index in [1.165, 1.54) is 6.20 Å². The maximum Gasteiger partial charge on any atom is 0.258 e. The van der Waals surface area contributed by atoms with E-state index in [-0.39, 0.29) is 24.1 Å². The van der Waals surface area contributed by atoms with Gasteiger partial charge in [-0.05, 0) is 41.8 Å². The third-order valence-corrected chi connectivity index (χ3v) is 5.44. The molecule has 0 aliphatic carbocycles. The van der Waals surface area contributed by atoms with Crippen LogP contribution in [0.3, 0.4) is 0 Å².